The van der Waals surface area contributed by atoms with E-state index in [0.717, 1.165) is 6.07 Å². The number of anilines is 1. The quantitative estimate of drug-likeness (QED) is 0.362. The molecule has 0 saturated carbocycles. The third-order valence-electron chi connectivity index (χ3n) is 3.28. The van der Waals surface area contributed by atoms with Gasteiger partial charge >= 0.3 is 35.7 Å². The van der Waals surface area contributed by atoms with Crippen LogP contribution in [0.1, 0.15) is 6.99 Å². The first-order valence-electron chi connectivity index (χ1n) is 6.10. The molecule has 1 fully saturated rings. The Morgan fingerprint density at radius 3 is 2.32 bits per heavy atom. The summed E-state index contributed by atoms with van der Waals surface area (Å²) in [5.74, 6) is 0. The number of nitrogens with zero attached hydrogens (tertiary/aromatic N) is 3. The Hall–Kier alpha value is -0.350. The summed E-state index contributed by atoms with van der Waals surface area (Å²) in [6, 6.07) is 3.35. The molecule has 0 bridgehead atoms. The van der Waals surface area contributed by atoms with Crippen LogP contribution < -0.4 is 34.5 Å². The van der Waals surface area contributed by atoms with Crippen molar-refractivity contribution in [2.24, 2.45) is 5.18 Å². The molecule has 0 N–H and O–H groups in total. The number of hydrogen-bond donors (Lipinski definition) is 1. The van der Waals surface area contributed by atoms with Gasteiger partial charge in [-0.25, -0.2) is 0 Å². The van der Waals surface area contributed by atoms with Crippen molar-refractivity contribution in [1.29, 1.82) is 0 Å². The number of alkyl halides is 3. The van der Waals surface area contributed by atoms with Crippen LogP contribution in [0, 0.1) is 4.91 Å². The second-order valence-corrected chi connectivity index (χ2v) is 5.66. The zero-order chi connectivity index (χ0) is 15.6. The van der Waals surface area contributed by atoms with Gasteiger partial charge in [0.25, 0.3) is 0 Å². The van der Waals surface area contributed by atoms with Crippen molar-refractivity contribution in [2.45, 2.75) is 6.18 Å². The van der Waals surface area contributed by atoms with E-state index in [4.69, 9.17) is 12.2 Å². The van der Waals surface area contributed by atoms with Crippen molar-refractivity contribution >= 4 is 40.5 Å². The Bertz CT molecular complexity index is 569. The van der Waals surface area contributed by atoms with Crippen LogP contribution in [0.15, 0.2) is 23.4 Å². The molecule has 0 aromatic heterocycles. The van der Waals surface area contributed by atoms with E-state index >= 15 is 0 Å². The van der Waals surface area contributed by atoms with Crippen molar-refractivity contribution in [3.8, 4) is 0 Å². The van der Waals surface area contributed by atoms with Gasteiger partial charge < -0.3 is 11.2 Å². The smallest absolute Gasteiger partial charge is 1.00 e. The number of nitroso groups, excluding NO2 is 1. The normalized spacial score (nSPS) is 15.3. The summed E-state index contributed by atoms with van der Waals surface area (Å²) in [5, 5.41) is 2.56. The van der Waals surface area contributed by atoms with Crippen molar-refractivity contribution in [2.75, 3.05) is 31.1 Å². The van der Waals surface area contributed by atoms with Crippen molar-refractivity contribution in [3.63, 3.8) is 0 Å². The van der Waals surface area contributed by atoms with Crippen LogP contribution in [-0.4, -0.2) is 35.4 Å². The van der Waals surface area contributed by atoms with Crippen LogP contribution >= 0.6 is 24.8 Å². The number of benzene rings is 1. The summed E-state index contributed by atoms with van der Waals surface area (Å²) in [4.78, 5) is 13.9. The van der Waals surface area contributed by atoms with E-state index in [1.807, 2.05) is 4.90 Å². The van der Waals surface area contributed by atoms with E-state index in [9.17, 15) is 18.1 Å². The SMILES string of the molecule is O=Nc1ccc(N2CCN(C(=S)S)CC2)c(C(F)(F)F)c1.[H-].[Na+]. The minimum Gasteiger partial charge on any atom is -1.00 e. The van der Waals surface area contributed by atoms with Gasteiger partial charge in [0.2, 0.25) is 0 Å². The van der Waals surface area contributed by atoms with Crippen LogP contribution in [0.3, 0.4) is 0 Å². The maximum atomic E-state index is 13.1. The second kappa shape index (κ2) is 7.96. The van der Waals surface area contributed by atoms with Gasteiger partial charge in [-0.1, -0.05) is 12.2 Å². The molecule has 0 spiro atoms. The van der Waals surface area contributed by atoms with Crippen LogP contribution in [0.4, 0.5) is 24.5 Å². The largest absolute Gasteiger partial charge is 1.00 e. The van der Waals surface area contributed by atoms with E-state index in [1.54, 1.807) is 4.90 Å². The third-order valence-corrected chi connectivity index (χ3v) is 3.82. The van der Waals surface area contributed by atoms with E-state index in [1.165, 1.54) is 12.1 Å². The Kier molecular flexibility index (Phi) is 7.13. The molecule has 0 unspecified atom stereocenters. The molecule has 0 atom stereocenters. The Morgan fingerprint density at radius 2 is 1.86 bits per heavy atom. The van der Waals surface area contributed by atoms with Crippen molar-refractivity contribution < 1.29 is 44.2 Å². The molecule has 1 aromatic rings. The molecule has 1 heterocycles. The summed E-state index contributed by atoms with van der Waals surface area (Å²) in [6.07, 6.45) is -4.54. The van der Waals surface area contributed by atoms with Crippen LogP contribution in [0.2, 0.25) is 0 Å². The minimum absolute atomic E-state index is 0. The van der Waals surface area contributed by atoms with Crippen LogP contribution in [-0.2, 0) is 6.18 Å². The number of rotatable bonds is 2. The Balaban J connectivity index is 0.00000242. The van der Waals surface area contributed by atoms with Gasteiger partial charge in [0.15, 0.2) is 0 Å². The first-order chi connectivity index (χ1) is 9.82. The molecule has 1 aliphatic rings. The van der Waals surface area contributed by atoms with Crippen molar-refractivity contribution in [1.82, 2.24) is 4.90 Å². The molecule has 0 amide bonds. The standard InChI is InChI=1S/C12H12F3N3OS2.Na.H/c13-12(14,15)9-7-8(16-19)1-2-10(9)17-3-5-18(6-4-17)11(20)21;;/h1-2,7H,3-6H2,(H,20,21);;/q;+1;-1. The van der Waals surface area contributed by atoms with E-state index in [2.05, 4.69) is 17.8 Å². The fourth-order valence-corrected chi connectivity index (χ4v) is 2.60. The summed E-state index contributed by atoms with van der Waals surface area (Å²) in [7, 11) is 0. The monoisotopic (exact) mass is 359 g/mol. The number of halogens is 3. The molecule has 4 nitrogen and oxygen atoms in total. The molecule has 0 radical (unpaired) electrons. The number of thiol groups is 1. The van der Waals surface area contributed by atoms with Gasteiger partial charge in [0.1, 0.15) is 10.0 Å². The number of piperazine rings is 1. The van der Waals surface area contributed by atoms with Gasteiger partial charge in [-0.15, -0.1) is 17.5 Å². The summed E-state index contributed by atoms with van der Waals surface area (Å²) < 4.78 is 39.8. The fourth-order valence-electron chi connectivity index (χ4n) is 2.22. The number of thiocarbonyl (C=S) groups is 1. The van der Waals surface area contributed by atoms with Crippen LogP contribution in [0.5, 0.6) is 0 Å². The molecular weight excluding hydrogens is 346 g/mol. The molecule has 22 heavy (non-hydrogen) atoms. The fraction of sp³-hybridized carbons (Fsp3) is 0.417. The third kappa shape index (κ3) is 4.58. The number of hydrogen-bond acceptors (Lipinski definition) is 4. The maximum Gasteiger partial charge on any atom is 1.00 e. The van der Waals surface area contributed by atoms with Gasteiger partial charge in [-0.2, -0.15) is 13.2 Å². The molecule has 1 aromatic carbocycles. The van der Waals surface area contributed by atoms with Gasteiger partial charge in [-0.3, -0.25) is 0 Å². The van der Waals surface area contributed by atoms with Gasteiger partial charge in [0.05, 0.1) is 5.56 Å². The van der Waals surface area contributed by atoms with Gasteiger partial charge in [0, 0.05) is 31.9 Å². The molecule has 1 saturated heterocycles. The Labute approximate surface area is 160 Å². The zero-order valence-corrected chi connectivity index (χ0v) is 15.5. The molecule has 2 rings (SSSR count). The predicted molar refractivity (Wildman–Crippen MR) is 83.4 cm³/mol. The molecule has 10 heteroatoms. The molecule has 0 aliphatic carbocycles. The van der Waals surface area contributed by atoms with Crippen molar-refractivity contribution in [3.05, 3.63) is 28.7 Å². The maximum absolute atomic E-state index is 13.1. The summed E-state index contributed by atoms with van der Waals surface area (Å²) in [5.41, 5.74) is -1.03. The molecule has 116 valence electrons. The average Bonchev–Trinajstić information content (AvgIpc) is 2.46. The second-order valence-electron chi connectivity index (χ2n) is 4.55. The van der Waals surface area contributed by atoms with E-state index in [-0.39, 0.29) is 42.4 Å². The first kappa shape index (κ1) is 19.7. The summed E-state index contributed by atoms with van der Waals surface area (Å²) >= 11 is 9.00. The van der Waals surface area contributed by atoms with Crippen LogP contribution in [0.25, 0.3) is 0 Å². The first-order valence-corrected chi connectivity index (χ1v) is 6.96. The molecular formula is C12H13F3N3NaOS2. The predicted octanol–water partition coefficient (Wildman–Crippen LogP) is 0.556. The Morgan fingerprint density at radius 1 is 1.27 bits per heavy atom. The van der Waals surface area contributed by atoms with E-state index < -0.39 is 11.7 Å². The molecule has 1 aliphatic heterocycles. The average molecular weight is 359 g/mol. The zero-order valence-electron chi connectivity index (χ0n) is 12.8. The minimum atomic E-state index is -4.54. The topological polar surface area (TPSA) is 35.9 Å². The van der Waals surface area contributed by atoms with E-state index in [0.29, 0.717) is 30.5 Å². The summed E-state index contributed by atoms with van der Waals surface area (Å²) in [6.45, 7) is 1.82. The van der Waals surface area contributed by atoms with Gasteiger partial charge in [-0.05, 0) is 23.4 Å².